The Balaban J connectivity index is 2.06. The highest BCUT2D eigenvalue weighted by Gasteiger charge is 2.17. The molecule has 0 fully saturated rings. The summed E-state index contributed by atoms with van der Waals surface area (Å²) in [5, 5.41) is 12.9. The van der Waals surface area contributed by atoms with Crippen LogP contribution in [0.15, 0.2) is 40.6 Å². The molecule has 0 radical (unpaired) electrons. The first kappa shape index (κ1) is 18.8. The second-order valence-corrected chi connectivity index (χ2v) is 7.53. The Labute approximate surface area is 147 Å². The van der Waals surface area contributed by atoms with E-state index in [1.54, 1.807) is 5.38 Å². The van der Waals surface area contributed by atoms with Gasteiger partial charge in [-0.15, -0.1) is 11.3 Å². The number of rotatable bonds is 8. The Bertz CT molecular complexity index is 904. The third kappa shape index (κ3) is 4.95. The number of thiophene rings is 1. The Hall–Kier alpha value is -2.56. The fourth-order valence-electron chi connectivity index (χ4n) is 1.87. The van der Waals surface area contributed by atoms with Gasteiger partial charge in [0.2, 0.25) is 10.0 Å². The number of carbonyl (C=O) groups excluding carboxylic acids is 2. The molecule has 0 aliphatic rings. The van der Waals surface area contributed by atoms with Crippen molar-refractivity contribution in [1.29, 1.82) is 0 Å². The molecule has 1 aromatic carbocycles. The predicted octanol–water partition coefficient (Wildman–Crippen LogP) is 0.854. The van der Waals surface area contributed by atoms with Crippen LogP contribution in [0.25, 0.3) is 0 Å². The van der Waals surface area contributed by atoms with Crippen molar-refractivity contribution in [3.8, 4) is 0 Å². The highest BCUT2D eigenvalue weighted by molar-refractivity contribution is 7.89. The SMILES string of the molecule is O=CCNC(=O)c1cc(CNS(=O)(=O)c2cccc(C(=O)O)c2)cs1. The number of aldehydes is 1. The molecule has 0 saturated carbocycles. The second-order valence-electron chi connectivity index (χ2n) is 4.85. The average Bonchev–Trinajstić information content (AvgIpc) is 3.07. The van der Waals surface area contributed by atoms with Gasteiger partial charge in [-0.1, -0.05) is 6.07 Å². The minimum absolute atomic E-state index is 0.0584. The molecule has 132 valence electrons. The number of hydrogen-bond donors (Lipinski definition) is 3. The molecule has 0 atom stereocenters. The standard InChI is InChI=1S/C15H14N2O6S2/c18-5-4-16-14(19)13-6-10(9-24-13)8-17-25(22,23)12-3-1-2-11(7-12)15(20)21/h1-3,5-7,9,17H,4,8H2,(H,16,19)(H,20,21). The molecule has 0 aliphatic heterocycles. The van der Waals surface area contributed by atoms with E-state index in [2.05, 4.69) is 10.0 Å². The number of hydrogen-bond acceptors (Lipinski definition) is 6. The maximum Gasteiger partial charge on any atom is 0.335 e. The molecule has 1 heterocycles. The molecule has 1 aromatic heterocycles. The molecule has 1 amide bonds. The van der Waals surface area contributed by atoms with Crippen LogP contribution in [-0.4, -0.2) is 38.2 Å². The number of aromatic carboxylic acids is 1. The summed E-state index contributed by atoms with van der Waals surface area (Å²) >= 11 is 1.12. The van der Waals surface area contributed by atoms with E-state index in [1.165, 1.54) is 24.3 Å². The van der Waals surface area contributed by atoms with Gasteiger partial charge in [0.15, 0.2) is 0 Å². The molecule has 0 aliphatic carbocycles. The summed E-state index contributed by atoms with van der Waals surface area (Å²) in [5.41, 5.74) is 0.437. The van der Waals surface area contributed by atoms with Crippen molar-refractivity contribution in [2.75, 3.05) is 6.54 Å². The maximum absolute atomic E-state index is 12.2. The molecule has 0 unspecified atom stereocenters. The highest BCUT2D eigenvalue weighted by atomic mass is 32.2. The lowest BCUT2D eigenvalue weighted by molar-refractivity contribution is -0.107. The Kier molecular flexibility index (Phi) is 6.02. The zero-order valence-electron chi connectivity index (χ0n) is 12.8. The molecule has 3 N–H and O–H groups in total. The zero-order valence-corrected chi connectivity index (χ0v) is 14.4. The monoisotopic (exact) mass is 382 g/mol. The molecular formula is C15H14N2O6S2. The lowest BCUT2D eigenvalue weighted by atomic mass is 10.2. The van der Waals surface area contributed by atoms with Crippen LogP contribution >= 0.6 is 11.3 Å². The Morgan fingerprint density at radius 3 is 2.68 bits per heavy atom. The first-order valence-electron chi connectivity index (χ1n) is 6.96. The maximum atomic E-state index is 12.2. The van der Waals surface area contributed by atoms with Crippen LogP contribution in [0, 0.1) is 0 Å². The number of amides is 1. The average molecular weight is 382 g/mol. The largest absolute Gasteiger partial charge is 0.478 e. The zero-order chi connectivity index (χ0) is 18.4. The normalized spacial score (nSPS) is 11.0. The minimum atomic E-state index is -3.90. The smallest absolute Gasteiger partial charge is 0.335 e. The highest BCUT2D eigenvalue weighted by Crippen LogP contribution is 2.16. The van der Waals surface area contributed by atoms with Gasteiger partial charge in [0.05, 0.1) is 21.9 Å². The summed E-state index contributed by atoms with van der Waals surface area (Å²) in [6.45, 7) is -0.157. The van der Waals surface area contributed by atoms with Crippen LogP contribution in [0.1, 0.15) is 25.6 Å². The molecule has 0 spiro atoms. The summed E-state index contributed by atoms with van der Waals surface area (Å²) in [6, 6.07) is 6.51. The predicted molar refractivity (Wildman–Crippen MR) is 90.1 cm³/mol. The van der Waals surface area contributed by atoms with Gasteiger partial charge in [-0.2, -0.15) is 0 Å². The molecule has 0 bridgehead atoms. The molecule has 0 saturated heterocycles. The number of carbonyl (C=O) groups is 3. The van der Waals surface area contributed by atoms with Gasteiger partial charge in [0, 0.05) is 6.54 Å². The van der Waals surface area contributed by atoms with E-state index in [0.29, 0.717) is 16.7 Å². The quantitative estimate of drug-likeness (QED) is 0.581. The van der Waals surface area contributed by atoms with Crippen molar-refractivity contribution in [3.63, 3.8) is 0 Å². The van der Waals surface area contributed by atoms with E-state index in [9.17, 15) is 22.8 Å². The molecule has 25 heavy (non-hydrogen) atoms. The summed E-state index contributed by atoms with van der Waals surface area (Å²) < 4.78 is 26.8. The number of sulfonamides is 1. The van der Waals surface area contributed by atoms with Gasteiger partial charge in [-0.3, -0.25) is 4.79 Å². The summed E-state index contributed by atoms with van der Waals surface area (Å²) in [5.74, 6) is -1.64. The van der Waals surface area contributed by atoms with Gasteiger partial charge in [-0.05, 0) is 35.2 Å². The fraction of sp³-hybridized carbons (Fsp3) is 0.133. The molecule has 2 rings (SSSR count). The second kappa shape index (κ2) is 8.01. The van der Waals surface area contributed by atoms with Gasteiger partial charge in [0.1, 0.15) is 6.29 Å². The topological polar surface area (TPSA) is 130 Å². The first-order chi connectivity index (χ1) is 11.8. The van der Waals surface area contributed by atoms with Crippen molar-refractivity contribution in [1.82, 2.24) is 10.0 Å². The number of carboxylic acid groups (broad SMARTS) is 1. The third-order valence-electron chi connectivity index (χ3n) is 3.08. The molecule has 2 aromatic rings. The fourth-order valence-corrected chi connectivity index (χ4v) is 3.76. The lowest BCUT2D eigenvalue weighted by Crippen LogP contribution is -2.24. The van der Waals surface area contributed by atoms with Crippen molar-refractivity contribution in [2.24, 2.45) is 0 Å². The Morgan fingerprint density at radius 2 is 2.00 bits per heavy atom. The minimum Gasteiger partial charge on any atom is -0.478 e. The van der Waals surface area contributed by atoms with E-state index < -0.39 is 21.9 Å². The lowest BCUT2D eigenvalue weighted by Gasteiger charge is -2.06. The molecule has 8 nitrogen and oxygen atoms in total. The van der Waals surface area contributed by atoms with Crippen LogP contribution < -0.4 is 10.0 Å². The van der Waals surface area contributed by atoms with Crippen molar-refractivity contribution < 1.29 is 27.9 Å². The van der Waals surface area contributed by atoms with E-state index in [4.69, 9.17) is 5.11 Å². The van der Waals surface area contributed by atoms with Crippen molar-refractivity contribution in [3.05, 3.63) is 51.7 Å². The number of benzene rings is 1. The van der Waals surface area contributed by atoms with Crippen LogP contribution in [0.3, 0.4) is 0 Å². The molecular weight excluding hydrogens is 368 g/mol. The van der Waals surface area contributed by atoms with Gasteiger partial charge >= 0.3 is 5.97 Å². The summed E-state index contributed by atoms with van der Waals surface area (Å²) in [6.07, 6.45) is 0.561. The summed E-state index contributed by atoms with van der Waals surface area (Å²) in [4.78, 5) is 33.0. The van der Waals surface area contributed by atoms with Crippen LogP contribution in [-0.2, 0) is 21.4 Å². The molecule has 10 heteroatoms. The van der Waals surface area contributed by atoms with E-state index in [0.717, 1.165) is 17.4 Å². The van der Waals surface area contributed by atoms with Crippen LogP contribution in [0.2, 0.25) is 0 Å². The van der Waals surface area contributed by atoms with Gasteiger partial charge in [0.25, 0.3) is 5.91 Å². The van der Waals surface area contributed by atoms with Gasteiger partial charge in [-0.25, -0.2) is 17.9 Å². The summed E-state index contributed by atoms with van der Waals surface area (Å²) in [7, 11) is -3.90. The van der Waals surface area contributed by atoms with Crippen LogP contribution in [0.4, 0.5) is 0 Å². The third-order valence-corrected chi connectivity index (χ3v) is 5.46. The van der Waals surface area contributed by atoms with E-state index in [-0.39, 0.29) is 23.5 Å². The van der Waals surface area contributed by atoms with Gasteiger partial charge < -0.3 is 15.2 Å². The van der Waals surface area contributed by atoms with Crippen molar-refractivity contribution >= 4 is 39.5 Å². The van der Waals surface area contributed by atoms with Crippen LogP contribution in [0.5, 0.6) is 0 Å². The first-order valence-corrected chi connectivity index (χ1v) is 9.32. The van der Waals surface area contributed by atoms with E-state index >= 15 is 0 Å². The Morgan fingerprint density at radius 1 is 1.24 bits per heavy atom. The van der Waals surface area contributed by atoms with Crippen molar-refractivity contribution in [2.45, 2.75) is 11.4 Å². The number of carboxylic acids is 1. The number of nitrogens with one attached hydrogen (secondary N) is 2. The van der Waals surface area contributed by atoms with E-state index in [1.807, 2.05) is 0 Å².